The molecule has 1 saturated carbocycles. The quantitative estimate of drug-likeness (QED) is 0.426. The Morgan fingerprint density at radius 1 is 0.921 bits per heavy atom. The molecule has 3 fully saturated rings. The minimum Gasteiger partial charge on any atom is -0.465 e. The normalized spacial score (nSPS) is 24.3. The van der Waals surface area contributed by atoms with Gasteiger partial charge in [-0.2, -0.15) is 0 Å². The van der Waals surface area contributed by atoms with Gasteiger partial charge in [0.15, 0.2) is 5.82 Å². The van der Waals surface area contributed by atoms with Crippen molar-refractivity contribution in [2.45, 2.75) is 94.9 Å². The molecule has 1 unspecified atom stereocenters. The van der Waals surface area contributed by atoms with Gasteiger partial charge in [-0.15, -0.1) is 0 Å². The highest BCUT2D eigenvalue weighted by Crippen LogP contribution is 2.47. The molecule has 200 valence electrons. The van der Waals surface area contributed by atoms with Crippen LogP contribution in [0.4, 0.5) is 5.82 Å². The van der Waals surface area contributed by atoms with Crippen molar-refractivity contribution in [2.24, 2.45) is 0 Å². The van der Waals surface area contributed by atoms with Crippen LogP contribution in [0.15, 0.2) is 53.3 Å². The van der Waals surface area contributed by atoms with Crippen LogP contribution in [0.3, 0.4) is 0 Å². The van der Waals surface area contributed by atoms with Gasteiger partial charge >= 0.3 is 5.97 Å². The van der Waals surface area contributed by atoms with Gasteiger partial charge in [0, 0.05) is 24.7 Å². The van der Waals surface area contributed by atoms with Crippen molar-refractivity contribution in [2.75, 3.05) is 12.4 Å². The number of fused-ring (bicyclic) bond motifs is 3. The van der Waals surface area contributed by atoms with Gasteiger partial charge < -0.3 is 10.1 Å². The Kier molecular flexibility index (Phi) is 7.20. The van der Waals surface area contributed by atoms with Gasteiger partial charge in [-0.05, 0) is 61.9 Å². The summed E-state index contributed by atoms with van der Waals surface area (Å²) in [5, 5.41) is 3.31. The van der Waals surface area contributed by atoms with Gasteiger partial charge in [0.05, 0.1) is 29.7 Å². The summed E-state index contributed by atoms with van der Waals surface area (Å²) < 4.78 is 6.85. The molecule has 2 bridgehead atoms. The van der Waals surface area contributed by atoms with E-state index >= 15 is 0 Å². The third-order valence-corrected chi connectivity index (χ3v) is 9.02. The number of para-hydroxylation sites is 2. The molecule has 3 heterocycles. The number of benzene rings is 2. The summed E-state index contributed by atoms with van der Waals surface area (Å²) >= 11 is 0. The van der Waals surface area contributed by atoms with E-state index in [0.29, 0.717) is 36.1 Å². The summed E-state index contributed by atoms with van der Waals surface area (Å²) in [6.45, 7) is 0.451. The first-order valence-electron chi connectivity index (χ1n) is 14.3. The summed E-state index contributed by atoms with van der Waals surface area (Å²) in [5.41, 5.74) is 3.21. The highest BCUT2D eigenvalue weighted by atomic mass is 16.5. The van der Waals surface area contributed by atoms with Crippen LogP contribution in [-0.4, -0.2) is 45.7 Å². The third kappa shape index (κ3) is 4.73. The number of methoxy groups -OCH3 is 1. The Hall–Kier alpha value is -3.19. The maximum absolute atomic E-state index is 14.0. The van der Waals surface area contributed by atoms with Crippen LogP contribution in [-0.2, 0) is 11.3 Å². The molecule has 7 nitrogen and oxygen atoms in total. The number of anilines is 1. The van der Waals surface area contributed by atoms with E-state index < -0.39 is 0 Å². The summed E-state index contributed by atoms with van der Waals surface area (Å²) in [6, 6.07) is 17.1. The van der Waals surface area contributed by atoms with Crippen molar-refractivity contribution in [1.29, 1.82) is 0 Å². The minimum absolute atomic E-state index is 0.0370. The number of ether oxygens (including phenoxy) is 1. The molecular weight excluding hydrogens is 476 g/mol. The maximum Gasteiger partial charge on any atom is 0.337 e. The van der Waals surface area contributed by atoms with Gasteiger partial charge in [0.2, 0.25) is 0 Å². The molecule has 2 saturated heterocycles. The number of nitrogens with zero attached hydrogens (tertiary/aromatic N) is 3. The number of carbonyl (C=O) groups excluding carboxylic acids is 1. The van der Waals surface area contributed by atoms with E-state index in [1.165, 1.54) is 64.9 Å². The molecule has 0 radical (unpaired) electrons. The lowest BCUT2D eigenvalue weighted by Crippen LogP contribution is -2.42. The Morgan fingerprint density at radius 3 is 2.42 bits per heavy atom. The Labute approximate surface area is 224 Å². The Balaban J connectivity index is 1.28. The summed E-state index contributed by atoms with van der Waals surface area (Å²) in [6.07, 6.45) is 12.8. The summed E-state index contributed by atoms with van der Waals surface area (Å²) in [5.74, 6) is 0.0314. The number of carbonyl (C=O) groups is 1. The zero-order valence-corrected chi connectivity index (χ0v) is 22.3. The van der Waals surface area contributed by atoms with Crippen LogP contribution in [0.1, 0.15) is 86.2 Å². The molecule has 38 heavy (non-hydrogen) atoms. The van der Waals surface area contributed by atoms with Gasteiger partial charge in [0.1, 0.15) is 0 Å². The van der Waals surface area contributed by atoms with Crippen LogP contribution >= 0.6 is 0 Å². The Bertz CT molecular complexity index is 1340. The number of nitrogens with one attached hydrogen (secondary N) is 1. The summed E-state index contributed by atoms with van der Waals surface area (Å²) in [7, 11) is 1.38. The van der Waals surface area contributed by atoms with E-state index in [1.807, 2.05) is 36.4 Å². The highest BCUT2D eigenvalue weighted by Gasteiger charge is 2.50. The third-order valence-electron chi connectivity index (χ3n) is 9.02. The number of esters is 1. The second kappa shape index (κ2) is 10.9. The van der Waals surface area contributed by atoms with Gasteiger partial charge in [-0.1, -0.05) is 56.4 Å². The molecule has 1 aromatic heterocycles. The monoisotopic (exact) mass is 514 g/mol. The molecule has 2 aromatic carbocycles. The molecule has 1 aliphatic carbocycles. The molecule has 7 heteroatoms. The smallest absolute Gasteiger partial charge is 0.337 e. The second-order valence-corrected chi connectivity index (χ2v) is 11.2. The number of hydrogen-bond acceptors (Lipinski definition) is 6. The summed E-state index contributed by atoms with van der Waals surface area (Å²) in [4.78, 5) is 33.3. The zero-order chi connectivity index (χ0) is 26.1. The number of rotatable bonds is 6. The lowest BCUT2D eigenvalue weighted by molar-refractivity contribution is 0.0600. The van der Waals surface area contributed by atoms with E-state index in [1.54, 1.807) is 12.1 Å². The van der Waals surface area contributed by atoms with Crippen LogP contribution in [0.5, 0.6) is 0 Å². The number of hydrogen-bond donors (Lipinski definition) is 1. The van der Waals surface area contributed by atoms with Crippen LogP contribution in [0.25, 0.3) is 11.0 Å². The zero-order valence-electron chi connectivity index (χ0n) is 22.3. The number of aromatic nitrogens is 2. The van der Waals surface area contributed by atoms with Crippen molar-refractivity contribution in [1.82, 2.24) is 14.5 Å². The molecule has 0 amide bonds. The molecule has 3 aromatic rings. The van der Waals surface area contributed by atoms with Gasteiger partial charge in [-0.25, -0.2) is 9.78 Å². The fourth-order valence-electron chi connectivity index (χ4n) is 7.24. The first kappa shape index (κ1) is 25.1. The topological polar surface area (TPSA) is 76.5 Å². The highest BCUT2D eigenvalue weighted by molar-refractivity contribution is 5.89. The van der Waals surface area contributed by atoms with E-state index in [0.717, 1.165) is 23.0 Å². The molecule has 6 rings (SSSR count). The molecule has 2 aliphatic heterocycles. The lowest BCUT2D eigenvalue weighted by atomic mass is 9.94. The van der Waals surface area contributed by atoms with E-state index in [9.17, 15) is 9.59 Å². The lowest BCUT2D eigenvalue weighted by Gasteiger charge is -2.34. The average Bonchev–Trinajstić information content (AvgIpc) is 3.50. The molecule has 3 aliphatic rings. The largest absolute Gasteiger partial charge is 0.465 e. The molecule has 1 N–H and O–H groups in total. The van der Waals surface area contributed by atoms with E-state index in [-0.39, 0.29) is 17.6 Å². The Morgan fingerprint density at radius 2 is 1.66 bits per heavy atom. The molecular formula is C31H38N4O3. The van der Waals surface area contributed by atoms with E-state index in [2.05, 4.69) is 14.8 Å². The maximum atomic E-state index is 14.0. The van der Waals surface area contributed by atoms with Crippen LogP contribution in [0, 0.1) is 0 Å². The first-order valence-corrected chi connectivity index (χ1v) is 14.3. The fourth-order valence-corrected chi connectivity index (χ4v) is 7.24. The van der Waals surface area contributed by atoms with Gasteiger partial charge in [-0.3, -0.25) is 14.3 Å². The van der Waals surface area contributed by atoms with Crippen molar-refractivity contribution >= 4 is 22.8 Å². The van der Waals surface area contributed by atoms with Crippen molar-refractivity contribution in [3.8, 4) is 0 Å². The van der Waals surface area contributed by atoms with Crippen molar-refractivity contribution in [3.05, 3.63) is 70.0 Å². The minimum atomic E-state index is -0.358. The van der Waals surface area contributed by atoms with Crippen LogP contribution < -0.4 is 10.9 Å². The fraction of sp³-hybridized carbons (Fsp3) is 0.516. The first-order chi connectivity index (χ1) is 18.6. The van der Waals surface area contributed by atoms with Crippen LogP contribution in [0.2, 0.25) is 0 Å². The van der Waals surface area contributed by atoms with Gasteiger partial charge in [0.25, 0.3) is 5.56 Å². The predicted octanol–water partition coefficient (Wildman–Crippen LogP) is 5.69. The van der Waals surface area contributed by atoms with Crippen molar-refractivity contribution < 1.29 is 9.53 Å². The molecule has 0 spiro atoms. The standard InChI is InChI=1S/C31H38N4O3/c1-38-31(37)22-15-13-21(14-16-22)20-32-29-30(36)35(26-12-8-7-11-25(26)33-29)28-19-24-17-18-27(28)34(24)23-9-5-3-2-4-6-10-23/h7-8,11-16,23-24,27-28H,2-6,9-10,17-20H2,1H3,(H,32,33)/t24-,27?,28+/m0/s1. The molecule has 3 atom stereocenters. The predicted molar refractivity (Wildman–Crippen MR) is 150 cm³/mol. The SMILES string of the molecule is COC(=O)c1ccc(CNc2nc3ccccc3n([C@@H]3C[C@@H]4CCC3N4C3CCCCCCC3)c2=O)cc1. The van der Waals surface area contributed by atoms with E-state index in [4.69, 9.17) is 9.72 Å². The second-order valence-electron chi connectivity index (χ2n) is 11.2. The van der Waals surface area contributed by atoms with Crippen molar-refractivity contribution in [3.63, 3.8) is 0 Å². The average molecular weight is 515 g/mol.